The summed E-state index contributed by atoms with van der Waals surface area (Å²) < 4.78 is 8.30. The summed E-state index contributed by atoms with van der Waals surface area (Å²) in [6, 6.07) is 0. The standard InChI is InChI=1S/K.Nb.O.Ta.H/q+1;;;;-1. The van der Waals surface area contributed by atoms with Crippen LogP contribution in [0.25, 0.3) is 0 Å². The van der Waals surface area contributed by atoms with Crippen molar-refractivity contribution in [1.82, 2.24) is 0 Å². The van der Waals surface area contributed by atoms with Crippen LogP contribution in [-0.4, -0.2) is 0 Å². The average Bonchev–Trinajstić information content (AvgIpc) is 1.00. The fourth-order valence-electron chi connectivity index (χ4n) is 0. The molecule has 0 aliphatic rings. The summed E-state index contributed by atoms with van der Waals surface area (Å²) in [6.07, 6.45) is 0. The van der Waals surface area contributed by atoms with Gasteiger partial charge in [0.15, 0.2) is 0 Å². The molecule has 0 aromatic rings. The molecule has 0 N–H and O–H groups in total. The molecule has 0 aliphatic heterocycles. The molecule has 0 spiro atoms. The van der Waals surface area contributed by atoms with Crippen molar-refractivity contribution in [3.8, 4) is 0 Å². The molecule has 1 nitrogen and oxygen atoms in total. The van der Waals surface area contributed by atoms with Gasteiger partial charge in [0.25, 0.3) is 0 Å². The van der Waals surface area contributed by atoms with Crippen molar-refractivity contribution in [3.05, 3.63) is 0 Å². The van der Waals surface area contributed by atoms with E-state index >= 15 is 0 Å². The van der Waals surface area contributed by atoms with Gasteiger partial charge in [0.1, 0.15) is 0 Å². The van der Waals surface area contributed by atoms with Crippen LogP contribution in [0.3, 0.4) is 0 Å². The van der Waals surface area contributed by atoms with Gasteiger partial charge in [0.2, 0.25) is 0 Å². The maximum atomic E-state index is 8.30. The second-order valence-electron chi connectivity index (χ2n) is 0. The minimum absolute atomic E-state index is 0. The summed E-state index contributed by atoms with van der Waals surface area (Å²) in [5.41, 5.74) is 0. The van der Waals surface area contributed by atoms with Crippen LogP contribution in [-0.2, 0) is 46.7 Å². The molecule has 0 saturated carbocycles. The second kappa shape index (κ2) is 16.8. The molecule has 0 fully saturated rings. The van der Waals surface area contributed by atoms with E-state index in [1.165, 1.54) is 0 Å². The van der Waals surface area contributed by atoms with Gasteiger partial charge < -0.3 is 1.43 Å². The zero-order valence-corrected chi connectivity index (χ0v) is 10.8. The van der Waals surface area contributed by atoms with Crippen LogP contribution in [0.5, 0.6) is 0 Å². The third-order valence-corrected chi connectivity index (χ3v) is 0. The van der Waals surface area contributed by atoms with Gasteiger partial charge in [-0.1, -0.05) is 0 Å². The first-order chi connectivity index (χ1) is 1.00. The normalized spacial score (nSPS) is 0.750. The molecular formula is HKNbOTa. The van der Waals surface area contributed by atoms with E-state index in [1.54, 1.807) is 0 Å². The van der Waals surface area contributed by atoms with E-state index in [9.17, 15) is 0 Å². The van der Waals surface area contributed by atoms with Crippen molar-refractivity contribution in [2.75, 3.05) is 0 Å². The van der Waals surface area contributed by atoms with Crippen molar-refractivity contribution in [3.63, 3.8) is 0 Å². The second-order valence-corrected chi connectivity index (χ2v) is 0. The molecule has 1 radical (unpaired) electrons. The predicted octanol–water partition coefficient (Wildman–Crippen LogP) is -3.01. The number of hydrogen-bond acceptors (Lipinski definition) is 1. The summed E-state index contributed by atoms with van der Waals surface area (Å²) in [6.45, 7) is 0. The Hall–Kier alpha value is 2.92. The van der Waals surface area contributed by atoms with Gasteiger partial charge in [-0.25, -0.2) is 0 Å². The molecular weight excluding hydrogens is 329 g/mol. The Morgan fingerprint density at radius 2 is 1.50 bits per heavy atom. The molecule has 0 aliphatic carbocycles. The Kier molecular flexibility index (Phi) is 66.3. The SMILES string of the molecule is [H-].[K+].[O]=[Nb].[Ta]. The minimum Gasteiger partial charge on any atom is 0 e. The van der Waals surface area contributed by atoms with Crippen LogP contribution < -0.4 is 51.4 Å². The topological polar surface area (TPSA) is 17.1 Å². The molecule has 4 heteroatoms. The van der Waals surface area contributed by atoms with E-state index in [4.69, 9.17) is 3.25 Å². The Morgan fingerprint density at radius 1 is 1.50 bits per heavy atom. The van der Waals surface area contributed by atoms with E-state index in [-0.39, 0.29) is 75.2 Å². The molecule has 0 bridgehead atoms. The first-order valence-electron chi connectivity index (χ1n) is 0.183. The van der Waals surface area contributed by atoms with Crippen molar-refractivity contribution in [2.45, 2.75) is 0 Å². The summed E-state index contributed by atoms with van der Waals surface area (Å²) in [5, 5.41) is 0. The summed E-state index contributed by atoms with van der Waals surface area (Å²) in [5.74, 6) is 0. The molecule has 0 unspecified atom stereocenters. The molecule has 0 aromatic carbocycles. The van der Waals surface area contributed by atoms with Crippen LogP contribution in [0, 0.1) is 0 Å². The Labute approximate surface area is 97.0 Å². The molecule has 0 heterocycles. The Bertz CT molecular complexity index is 11.6. The van der Waals surface area contributed by atoms with Crippen LogP contribution >= 0.6 is 0 Å². The Morgan fingerprint density at radius 3 is 1.50 bits per heavy atom. The average molecular weight is 330 g/mol. The fraction of sp³-hybridized carbons (Fsp3) is 0. The van der Waals surface area contributed by atoms with Gasteiger partial charge in [-0.2, -0.15) is 0 Å². The molecule has 18 valence electrons. The smallest absolute Gasteiger partial charge is 0 e. The maximum Gasteiger partial charge on any atom is 0 e. The van der Waals surface area contributed by atoms with E-state index in [0.29, 0.717) is 21.0 Å². The largest absolute Gasteiger partial charge is 0 e. The minimum atomic E-state index is 0. The van der Waals surface area contributed by atoms with Crippen LogP contribution in [0.15, 0.2) is 0 Å². The third-order valence-electron chi connectivity index (χ3n) is 0. The van der Waals surface area contributed by atoms with Gasteiger partial charge in [-0.05, 0) is 0 Å². The molecule has 0 atom stereocenters. The maximum absolute atomic E-state index is 8.30. The fourth-order valence-corrected chi connectivity index (χ4v) is 0. The summed E-state index contributed by atoms with van der Waals surface area (Å²) in [7, 11) is 0. The summed E-state index contributed by atoms with van der Waals surface area (Å²) in [4.78, 5) is 0. The van der Waals surface area contributed by atoms with Gasteiger partial charge in [-0.15, -0.1) is 0 Å². The first kappa shape index (κ1) is 15.8. The summed E-state index contributed by atoms with van der Waals surface area (Å²) >= 11 is 0.500. The van der Waals surface area contributed by atoms with E-state index in [1.807, 2.05) is 0 Å². The molecule has 4 heavy (non-hydrogen) atoms. The molecule has 0 rings (SSSR count). The first-order valence-corrected chi connectivity index (χ1v) is 1.08. The molecule has 0 aromatic heterocycles. The number of rotatable bonds is 0. The van der Waals surface area contributed by atoms with Crippen molar-refractivity contribution in [2.24, 2.45) is 0 Å². The zero-order valence-electron chi connectivity index (χ0n) is 3.30. The zero-order chi connectivity index (χ0) is 2.00. The van der Waals surface area contributed by atoms with Gasteiger partial charge >= 0.3 is 75.7 Å². The quantitative estimate of drug-likeness (QED) is 0.433. The molecule has 0 amide bonds. The van der Waals surface area contributed by atoms with Gasteiger partial charge in [-0.3, -0.25) is 0 Å². The van der Waals surface area contributed by atoms with Gasteiger partial charge in [0.05, 0.1) is 0 Å². The van der Waals surface area contributed by atoms with Crippen molar-refractivity contribution in [1.29, 1.82) is 0 Å². The number of hydrogen-bond donors (Lipinski definition) is 0. The van der Waals surface area contributed by atoms with Crippen LogP contribution in [0.1, 0.15) is 1.43 Å². The van der Waals surface area contributed by atoms with E-state index in [0.717, 1.165) is 0 Å². The Balaban J connectivity index is -0.00000000167. The predicted molar refractivity (Wildman–Crippen MR) is 1.80 cm³/mol. The third kappa shape index (κ3) is 8.87. The van der Waals surface area contributed by atoms with E-state index < -0.39 is 0 Å². The van der Waals surface area contributed by atoms with Crippen molar-refractivity contribution < 1.29 is 99.5 Å². The monoisotopic (exact) mass is 330 g/mol. The van der Waals surface area contributed by atoms with Crippen LogP contribution in [0.2, 0.25) is 0 Å². The van der Waals surface area contributed by atoms with E-state index in [2.05, 4.69) is 0 Å². The van der Waals surface area contributed by atoms with Crippen molar-refractivity contribution >= 4 is 0 Å². The molecule has 0 saturated heterocycles. The van der Waals surface area contributed by atoms with Gasteiger partial charge in [0, 0.05) is 22.4 Å². The van der Waals surface area contributed by atoms with Crippen LogP contribution in [0.4, 0.5) is 0 Å².